The molecule has 5 nitrogen and oxygen atoms in total. The van der Waals surface area contributed by atoms with Gasteiger partial charge in [-0.05, 0) is 18.4 Å². The second-order valence-corrected chi connectivity index (χ2v) is 4.98. The summed E-state index contributed by atoms with van der Waals surface area (Å²) < 4.78 is 10.6. The van der Waals surface area contributed by atoms with Gasteiger partial charge < -0.3 is 9.47 Å². The topological polar surface area (TPSA) is 61.3 Å². The first-order chi connectivity index (χ1) is 10.3. The predicted octanol–water partition coefficient (Wildman–Crippen LogP) is 2.72. The van der Waals surface area contributed by atoms with Crippen LogP contribution in [-0.2, 0) is 11.3 Å². The Morgan fingerprint density at radius 3 is 2.67 bits per heavy atom. The molecule has 1 saturated carbocycles. The Balaban J connectivity index is 1.89. The normalized spacial score (nSPS) is 13.8. The molecule has 2 aromatic rings. The zero-order chi connectivity index (χ0) is 14.7. The summed E-state index contributed by atoms with van der Waals surface area (Å²) in [6.07, 6.45) is 3.54. The molecule has 0 aliphatic heterocycles. The first-order valence-electron chi connectivity index (χ1n) is 6.89. The molecule has 1 fully saturated rings. The number of carbonyl (C=O) groups excluding carboxylic acids is 1. The Bertz CT molecular complexity index is 639. The minimum Gasteiger partial charge on any atom is -0.484 e. The van der Waals surface area contributed by atoms with E-state index in [1.54, 1.807) is 0 Å². The maximum absolute atomic E-state index is 11.8. The van der Waals surface area contributed by atoms with Crippen LogP contribution < -0.4 is 4.74 Å². The van der Waals surface area contributed by atoms with Crippen LogP contribution in [0.25, 0.3) is 0 Å². The molecule has 5 heteroatoms. The molecule has 0 spiro atoms. The number of benzene rings is 1. The molecule has 0 atom stereocenters. The molecule has 0 amide bonds. The highest BCUT2D eigenvalue weighted by Gasteiger charge is 2.32. The second kappa shape index (κ2) is 5.91. The smallest absolute Gasteiger partial charge is 0.360 e. The molecule has 1 aliphatic rings. The third kappa shape index (κ3) is 3.02. The number of hydrogen-bond donors (Lipinski definition) is 0. The maximum atomic E-state index is 11.8. The predicted molar refractivity (Wildman–Crippen MR) is 76.1 cm³/mol. The van der Waals surface area contributed by atoms with Crippen LogP contribution in [0.2, 0.25) is 0 Å². The van der Waals surface area contributed by atoms with Crippen LogP contribution in [0.1, 0.15) is 40.5 Å². The van der Waals surface area contributed by atoms with E-state index in [0.29, 0.717) is 18.3 Å². The number of aromatic nitrogens is 2. The number of rotatable bonds is 5. The first kappa shape index (κ1) is 13.5. The maximum Gasteiger partial charge on any atom is 0.360 e. The van der Waals surface area contributed by atoms with Crippen LogP contribution in [0.15, 0.2) is 36.7 Å². The molecule has 21 heavy (non-hydrogen) atoms. The lowest BCUT2D eigenvalue weighted by molar-refractivity contribution is 0.0587. The third-order valence-electron chi connectivity index (χ3n) is 3.40. The monoisotopic (exact) mass is 284 g/mol. The molecule has 1 heterocycles. The van der Waals surface area contributed by atoms with Crippen LogP contribution in [-0.4, -0.2) is 23.0 Å². The van der Waals surface area contributed by atoms with Crippen molar-refractivity contribution in [2.24, 2.45) is 0 Å². The van der Waals surface area contributed by atoms with Crippen LogP contribution in [0.3, 0.4) is 0 Å². The highest BCUT2D eigenvalue weighted by atomic mass is 16.5. The van der Waals surface area contributed by atoms with Crippen LogP contribution >= 0.6 is 0 Å². The lowest BCUT2D eigenvalue weighted by atomic mass is 10.2. The van der Waals surface area contributed by atoms with Gasteiger partial charge in [0.05, 0.1) is 12.8 Å². The zero-order valence-electron chi connectivity index (χ0n) is 11.8. The minimum absolute atomic E-state index is 0.199. The van der Waals surface area contributed by atoms with Crippen molar-refractivity contribution in [3.8, 4) is 5.75 Å². The van der Waals surface area contributed by atoms with Crippen molar-refractivity contribution < 1.29 is 14.3 Å². The van der Waals surface area contributed by atoms with Crippen LogP contribution in [0, 0.1) is 0 Å². The SMILES string of the molecule is COC(=O)c1ncnc(C2CC2)c1OCc1ccccc1. The molecular formula is C16H16N2O3. The molecule has 1 aromatic heterocycles. The summed E-state index contributed by atoms with van der Waals surface area (Å²) >= 11 is 0. The molecule has 0 N–H and O–H groups in total. The Kier molecular flexibility index (Phi) is 3.81. The minimum atomic E-state index is -0.498. The summed E-state index contributed by atoms with van der Waals surface area (Å²) in [5.41, 5.74) is 2.03. The fraction of sp³-hybridized carbons (Fsp3) is 0.312. The van der Waals surface area contributed by atoms with E-state index in [1.165, 1.54) is 13.4 Å². The Morgan fingerprint density at radius 2 is 2.00 bits per heavy atom. The Morgan fingerprint density at radius 1 is 1.24 bits per heavy atom. The van der Waals surface area contributed by atoms with Gasteiger partial charge >= 0.3 is 5.97 Å². The lowest BCUT2D eigenvalue weighted by Gasteiger charge is -2.13. The highest BCUT2D eigenvalue weighted by molar-refractivity contribution is 5.90. The fourth-order valence-electron chi connectivity index (χ4n) is 2.15. The van der Waals surface area contributed by atoms with E-state index < -0.39 is 5.97 Å². The van der Waals surface area contributed by atoms with Gasteiger partial charge in [-0.3, -0.25) is 0 Å². The van der Waals surface area contributed by atoms with Crippen molar-refractivity contribution in [1.29, 1.82) is 0 Å². The quantitative estimate of drug-likeness (QED) is 0.790. The summed E-state index contributed by atoms with van der Waals surface area (Å²) in [7, 11) is 1.34. The standard InChI is InChI=1S/C16H16N2O3/c1-20-16(19)14-15(13(12-7-8-12)17-10-18-14)21-9-11-5-3-2-4-6-11/h2-6,10,12H,7-9H2,1H3. The molecular weight excluding hydrogens is 268 g/mol. The van der Waals surface area contributed by atoms with Gasteiger partial charge in [0.25, 0.3) is 0 Å². The second-order valence-electron chi connectivity index (χ2n) is 4.98. The van der Waals surface area contributed by atoms with E-state index in [9.17, 15) is 4.79 Å². The number of carbonyl (C=O) groups is 1. The van der Waals surface area contributed by atoms with E-state index in [1.807, 2.05) is 30.3 Å². The molecule has 0 unspecified atom stereocenters. The van der Waals surface area contributed by atoms with Crippen molar-refractivity contribution in [3.63, 3.8) is 0 Å². The van der Waals surface area contributed by atoms with Crippen molar-refractivity contribution in [3.05, 3.63) is 53.6 Å². The largest absolute Gasteiger partial charge is 0.484 e. The van der Waals surface area contributed by atoms with Gasteiger partial charge in [-0.1, -0.05) is 30.3 Å². The van der Waals surface area contributed by atoms with Crippen LogP contribution in [0.5, 0.6) is 5.75 Å². The summed E-state index contributed by atoms with van der Waals surface area (Å²) in [6.45, 7) is 0.373. The van der Waals surface area contributed by atoms with Crippen molar-refractivity contribution in [2.75, 3.05) is 7.11 Å². The number of ether oxygens (including phenoxy) is 2. The van der Waals surface area contributed by atoms with Crippen LogP contribution in [0.4, 0.5) is 0 Å². The number of esters is 1. The molecule has 0 bridgehead atoms. The summed E-state index contributed by atoms with van der Waals surface area (Å²) in [6, 6.07) is 9.79. The van der Waals surface area contributed by atoms with Gasteiger partial charge in [-0.15, -0.1) is 0 Å². The van der Waals surface area contributed by atoms with Gasteiger partial charge in [0.15, 0.2) is 11.4 Å². The van der Waals surface area contributed by atoms with Crippen molar-refractivity contribution in [1.82, 2.24) is 9.97 Å². The van der Waals surface area contributed by atoms with E-state index in [0.717, 1.165) is 24.1 Å². The average molecular weight is 284 g/mol. The number of nitrogens with zero attached hydrogens (tertiary/aromatic N) is 2. The molecule has 0 saturated heterocycles. The van der Waals surface area contributed by atoms with Gasteiger partial charge in [-0.2, -0.15) is 0 Å². The zero-order valence-corrected chi connectivity index (χ0v) is 11.8. The molecule has 108 valence electrons. The first-order valence-corrected chi connectivity index (χ1v) is 6.89. The van der Waals surface area contributed by atoms with E-state index in [4.69, 9.17) is 9.47 Å². The summed E-state index contributed by atoms with van der Waals surface area (Å²) in [5.74, 6) is 0.320. The Labute approximate surface area is 123 Å². The van der Waals surface area contributed by atoms with E-state index in [-0.39, 0.29) is 5.69 Å². The molecule has 3 rings (SSSR count). The highest BCUT2D eigenvalue weighted by Crippen LogP contribution is 2.43. The summed E-state index contributed by atoms with van der Waals surface area (Å²) in [5, 5.41) is 0. The van der Waals surface area contributed by atoms with Gasteiger partial charge in [0, 0.05) is 5.92 Å². The number of methoxy groups -OCH3 is 1. The molecule has 0 radical (unpaired) electrons. The molecule has 1 aromatic carbocycles. The van der Waals surface area contributed by atoms with Gasteiger partial charge in [-0.25, -0.2) is 14.8 Å². The Hall–Kier alpha value is -2.43. The average Bonchev–Trinajstić information content (AvgIpc) is 3.37. The van der Waals surface area contributed by atoms with Crippen molar-refractivity contribution in [2.45, 2.75) is 25.4 Å². The van der Waals surface area contributed by atoms with Gasteiger partial charge in [0.2, 0.25) is 0 Å². The van der Waals surface area contributed by atoms with E-state index in [2.05, 4.69) is 9.97 Å². The van der Waals surface area contributed by atoms with E-state index >= 15 is 0 Å². The van der Waals surface area contributed by atoms with Crippen molar-refractivity contribution >= 4 is 5.97 Å². The summed E-state index contributed by atoms with van der Waals surface area (Å²) in [4.78, 5) is 20.2. The number of hydrogen-bond acceptors (Lipinski definition) is 5. The molecule has 1 aliphatic carbocycles. The third-order valence-corrected chi connectivity index (χ3v) is 3.40. The van der Waals surface area contributed by atoms with Gasteiger partial charge in [0.1, 0.15) is 12.9 Å². The fourth-order valence-corrected chi connectivity index (χ4v) is 2.15. The lowest BCUT2D eigenvalue weighted by Crippen LogP contribution is -2.11.